The van der Waals surface area contributed by atoms with E-state index >= 15 is 0 Å². The molecule has 0 aliphatic rings. The van der Waals surface area contributed by atoms with Crippen molar-refractivity contribution in [3.8, 4) is 11.5 Å². The largest absolute Gasteiger partial charge is 0.453 e. The zero-order valence-corrected chi connectivity index (χ0v) is 15.7. The Morgan fingerprint density at radius 3 is 1.52 bits per heavy atom. The van der Waals surface area contributed by atoms with E-state index in [0.717, 1.165) is 36.0 Å². The fraction of sp³-hybridized carbons (Fsp3) is 0.455. The van der Waals surface area contributed by atoms with Crippen molar-refractivity contribution < 1.29 is 4.74 Å². The third-order valence-electron chi connectivity index (χ3n) is 4.19. The third-order valence-corrected chi connectivity index (χ3v) is 4.19. The van der Waals surface area contributed by atoms with Gasteiger partial charge in [0.25, 0.3) is 0 Å². The lowest BCUT2D eigenvalue weighted by Gasteiger charge is -2.16. The molecule has 0 heterocycles. The van der Waals surface area contributed by atoms with Crippen molar-refractivity contribution in [2.45, 2.75) is 52.4 Å². The molecule has 0 radical (unpaired) electrons. The number of benzene rings is 2. The van der Waals surface area contributed by atoms with Gasteiger partial charge in [0.1, 0.15) is 0 Å². The number of nitrogens with one attached hydrogen (secondary N) is 2. The molecule has 3 nitrogen and oxygen atoms in total. The molecule has 0 amide bonds. The van der Waals surface area contributed by atoms with E-state index in [4.69, 9.17) is 4.74 Å². The zero-order valence-electron chi connectivity index (χ0n) is 15.7. The van der Waals surface area contributed by atoms with Crippen LogP contribution in [0.2, 0.25) is 0 Å². The molecule has 2 aromatic carbocycles. The molecule has 0 saturated heterocycles. The van der Waals surface area contributed by atoms with E-state index in [1.54, 1.807) is 0 Å². The topological polar surface area (TPSA) is 33.3 Å². The van der Waals surface area contributed by atoms with Crippen LogP contribution in [0.4, 0.5) is 11.4 Å². The van der Waals surface area contributed by atoms with Crippen LogP contribution in [0.15, 0.2) is 48.5 Å². The highest BCUT2D eigenvalue weighted by molar-refractivity contribution is 5.62. The molecule has 2 aromatic rings. The normalized spacial score (nSPS) is 10.5. The predicted octanol–water partition coefficient (Wildman–Crippen LogP) is 6.68. The summed E-state index contributed by atoms with van der Waals surface area (Å²) < 4.78 is 6.23. The maximum Gasteiger partial charge on any atom is 0.150 e. The van der Waals surface area contributed by atoms with E-state index in [1.165, 1.54) is 38.5 Å². The van der Waals surface area contributed by atoms with Crippen molar-refractivity contribution in [2.24, 2.45) is 0 Å². The summed E-state index contributed by atoms with van der Waals surface area (Å²) in [5, 5.41) is 7.00. The first-order chi connectivity index (χ1) is 12.3. The number of hydrogen-bond donors (Lipinski definition) is 2. The van der Waals surface area contributed by atoms with Crippen molar-refractivity contribution in [2.75, 3.05) is 23.7 Å². The van der Waals surface area contributed by atoms with Crippen LogP contribution in [-0.4, -0.2) is 13.1 Å². The van der Waals surface area contributed by atoms with E-state index in [2.05, 4.69) is 36.6 Å². The van der Waals surface area contributed by atoms with Gasteiger partial charge in [-0.05, 0) is 37.1 Å². The predicted molar refractivity (Wildman–Crippen MR) is 109 cm³/mol. The minimum atomic E-state index is 0.877. The summed E-state index contributed by atoms with van der Waals surface area (Å²) in [7, 11) is 0. The minimum Gasteiger partial charge on any atom is -0.453 e. The Balaban J connectivity index is 2.01. The van der Waals surface area contributed by atoms with Gasteiger partial charge < -0.3 is 15.4 Å². The van der Waals surface area contributed by atoms with Crippen LogP contribution in [0.3, 0.4) is 0 Å². The van der Waals surface area contributed by atoms with Crippen LogP contribution >= 0.6 is 0 Å². The maximum atomic E-state index is 6.23. The molecule has 136 valence electrons. The van der Waals surface area contributed by atoms with Crippen molar-refractivity contribution in [3.05, 3.63) is 48.5 Å². The van der Waals surface area contributed by atoms with Crippen LogP contribution < -0.4 is 15.4 Å². The molecule has 2 N–H and O–H groups in total. The van der Waals surface area contributed by atoms with Crippen molar-refractivity contribution >= 4 is 11.4 Å². The number of hydrogen-bond acceptors (Lipinski definition) is 3. The second-order valence-corrected chi connectivity index (χ2v) is 6.36. The molecular weight excluding hydrogens is 308 g/mol. The molecule has 0 unspecified atom stereocenters. The van der Waals surface area contributed by atoms with Crippen LogP contribution in [0.5, 0.6) is 11.5 Å². The summed E-state index contributed by atoms with van der Waals surface area (Å²) in [4.78, 5) is 0. The smallest absolute Gasteiger partial charge is 0.150 e. The first-order valence-corrected chi connectivity index (χ1v) is 9.68. The second-order valence-electron chi connectivity index (χ2n) is 6.36. The van der Waals surface area contributed by atoms with Crippen LogP contribution in [-0.2, 0) is 0 Å². The lowest BCUT2D eigenvalue weighted by Crippen LogP contribution is -2.04. The van der Waals surface area contributed by atoms with Gasteiger partial charge in [-0.2, -0.15) is 0 Å². The Hall–Kier alpha value is -2.16. The number of rotatable bonds is 12. The summed E-state index contributed by atoms with van der Waals surface area (Å²) in [6.45, 7) is 6.40. The molecule has 3 heteroatoms. The summed E-state index contributed by atoms with van der Waals surface area (Å²) >= 11 is 0. The molecular formula is C22H32N2O. The lowest BCUT2D eigenvalue weighted by molar-refractivity contribution is 0.485. The summed E-state index contributed by atoms with van der Waals surface area (Å²) in [6, 6.07) is 16.3. The molecule has 2 rings (SSSR count). The molecule has 0 saturated carbocycles. The fourth-order valence-electron chi connectivity index (χ4n) is 2.72. The van der Waals surface area contributed by atoms with Gasteiger partial charge in [-0.1, -0.05) is 63.8 Å². The van der Waals surface area contributed by atoms with E-state index < -0.39 is 0 Å². The number of unbranched alkanes of at least 4 members (excludes halogenated alkanes) is 4. The van der Waals surface area contributed by atoms with Crippen molar-refractivity contribution in [1.82, 2.24) is 0 Å². The van der Waals surface area contributed by atoms with Crippen LogP contribution in [0.25, 0.3) is 0 Å². The number of para-hydroxylation sites is 4. The Morgan fingerprint density at radius 1 is 0.640 bits per heavy atom. The third kappa shape index (κ3) is 6.69. The number of anilines is 2. The highest BCUT2D eigenvalue weighted by Crippen LogP contribution is 2.33. The monoisotopic (exact) mass is 340 g/mol. The molecule has 0 atom stereocenters. The molecule has 0 spiro atoms. The second kappa shape index (κ2) is 11.4. The average Bonchev–Trinajstić information content (AvgIpc) is 2.65. The van der Waals surface area contributed by atoms with Gasteiger partial charge in [0, 0.05) is 13.1 Å². The quantitative estimate of drug-likeness (QED) is 0.423. The molecule has 0 aliphatic carbocycles. The van der Waals surface area contributed by atoms with Gasteiger partial charge in [-0.15, -0.1) is 0 Å². The standard InChI is InChI=1S/C22H32N2O/c1-3-5-11-17-23-19-13-7-9-15-21(19)25-22-16-10-8-14-20(22)24-18-12-6-4-2/h7-10,13-16,23-24H,3-6,11-12,17-18H2,1-2H3. The Bertz CT molecular complexity index is 559. The molecule has 0 fully saturated rings. The molecule has 0 aromatic heterocycles. The van der Waals surface area contributed by atoms with Gasteiger partial charge in [0.15, 0.2) is 11.5 Å². The van der Waals surface area contributed by atoms with Crippen LogP contribution in [0.1, 0.15) is 52.4 Å². The van der Waals surface area contributed by atoms with Gasteiger partial charge in [-0.3, -0.25) is 0 Å². The van der Waals surface area contributed by atoms with Crippen molar-refractivity contribution in [1.29, 1.82) is 0 Å². The van der Waals surface area contributed by atoms with Gasteiger partial charge >= 0.3 is 0 Å². The summed E-state index contributed by atoms with van der Waals surface area (Å²) in [6.07, 6.45) is 7.33. The van der Waals surface area contributed by atoms with Gasteiger partial charge in [0.05, 0.1) is 11.4 Å². The highest BCUT2D eigenvalue weighted by atomic mass is 16.5. The Morgan fingerprint density at radius 2 is 1.08 bits per heavy atom. The summed E-state index contributed by atoms with van der Waals surface area (Å²) in [5.74, 6) is 1.75. The molecule has 25 heavy (non-hydrogen) atoms. The van der Waals surface area contributed by atoms with Gasteiger partial charge in [0.2, 0.25) is 0 Å². The first-order valence-electron chi connectivity index (χ1n) is 9.68. The van der Waals surface area contributed by atoms with E-state index in [-0.39, 0.29) is 0 Å². The Kier molecular flexibility index (Phi) is 8.74. The van der Waals surface area contributed by atoms with E-state index in [9.17, 15) is 0 Å². The highest BCUT2D eigenvalue weighted by Gasteiger charge is 2.07. The van der Waals surface area contributed by atoms with E-state index in [1.807, 2.05) is 36.4 Å². The lowest BCUT2D eigenvalue weighted by atomic mass is 10.2. The molecule has 0 bridgehead atoms. The molecule has 0 aliphatic heterocycles. The first kappa shape index (κ1) is 19.2. The number of ether oxygens (including phenoxy) is 1. The fourth-order valence-corrected chi connectivity index (χ4v) is 2.72. The van der Waals surface area contributed by atoms with E-state index in [0.29, 0.717) is 0 Å². The maximum absolute atomic E-state index is 6.23. The van der Waals surface area contributed by atoms with Crippen LogP contribution in [0, 0.1) is 0 Å². The van der Waals surface area contributed by atoms with Gasteiger partial charge in [-0.25, -0.2) is 0 Å². The Labute approximate surface area is 152 Å². The summed E-state index contributed by atoms with van der Waals surface area (Å²) in [5.41, 5.74) is 2.11. The zero-order chi connectivity index (χ0) is 17.7. The van der Waals surface area contributed by atoms with Crippen molar-refractivity contribution in [3.63, 3.8) is 0 Å². The SMILES string of the molecule is CCCCCNc1ccccc1Oc1ccccc1NCCCCC. The average molecular weight is 341 g/mol. The minimum absolute atomic E-state index is 0.877.